The van der Waals surface area contributed by atoms with Crippen molar-refractivity contribution in [3.8, 4) is 62.1 Å². The fourth-order valence-electron chi connectivity index (χ4n) is 6.70. The summed E-state index contributed by atoms with van der Waals surface area (Å²) in [6.45, 7) is 2.12. The Balaban J connectivity index is 1.36. The Morgan fingerprint density at radius 3 is 1.70 bits per heavy atom. The lowest BCUT2D eigenvalue weighted by Crippen LogP contribution is -2.04. The number of fused-ring (bicyclic) bond motifs is 3. The van der Waals surface area contributed by atoms with Gasteiger partial charge in [0.25, 0.3) is 0 Å². The van der Waals surface area contributed by atoms with E-state index in [1.807, 2.05) is 72.9 Å². The summed E-state index contributed by atoms with van der Waals surface area (Å²) in [5.74, 6) is 1.85. The predicted octanol–water partition coefficient (Wildman–Crippen LogP) is 11.0. The van der Waals surface area contributed by atoms with Crippen LogP contribution in [0.1, 0.15) is 5.56 Å². The lowest BCUT2D eigenvalue weighted by atomic mass is 10.0. The SMILES string of the molecule is Cc1ccc(-c2ccc3c4ccccc4n(-c4cc(-c5cccnc5)ccc4-c4nc(-c5ccccc5)nc(-c5ccccc5)n4)c3c2)cc1. The predicted molar refractivity (Wildman–Crippen MR) is 204 cm³/mol. The molecule has 9 rings (SSSR count). The van der Waals surface area contributed by atoms with Gasteiger partial charge in [0.2, 0.25) is 0 Å². The summed E-state index contributed by atoms with van der Waals surface area (Å²) in [7, 11) is 0. The lowest BCUT2D eigenvalue weighted by Gasteiger charge is -2.16. The van der Waals surface area contributed by atoms with Gasteiger partial charge in [-0.1, -0.05) is 133 Å². The third kappa shape index (κ3) is 5.31. The number of hydrogen-bond donors (Lipinski definition) is 0. The molecule has 5 nitrogen and oxygen atoms in total. The van der Waals surface area contributed by atoms with Crippen LogP contribution < -0.4 is 0 Å². The van der Waals surface area contributed by atoms with E-state index in [2.05, 4.69) is 107 Å². The monoisotopic (exact) mass is 641 g/mol. The summed E-state index contributed by atoms with van der Waals surface area (Å²) in [5.41, 5.74) is 11.6. The van der Waals surface area contributed by atoms with Crippen LogP contribution in [0.2, 0.25) is 0 Å². The Labute approximate surface area is 290 Å². The molecule has 0 spiro atoms. The highest BCUT2D eigenvalue weighted by atomic mass is 15.1. The first kappa shape index (κ1) is 29.4. The minimum absolute atomic E-state index is 0.603. The number of aromatic nitrogens is 5. The van der Waals surface area contributed by atoms with Crippen molar-refractivity contribution in [2.75, 3.05) is 0 Å². The van der Waals surface area contributed by atoms with Gasteiger partial charge in [-0.25, -0.2) is 15.0 Å². The first-order valence-corrected chi connectivity index (χ1v) is 16.7. The van der Waals surface area contributed by atoms with Crippen LogP contribution in [0.15, 0.2) is 170 Å². The van der Waals surface area contributed by atoms with Crippen molar-refractivity contribution >= 4 is 21.8 Å². The number of aryl methyl sites for hydroxylation is 1. The molecule has 9 aromatic rings. The van der Waals surface area contributed by atoms with Crippen molar-refractivity contribution in [2.45, 2.75) is 6.92 Å². The van der Waals surface area contributed by atoms with Crippen molar-refractivity contribution < 1.29 is 0 Å². The molecule has 0 fully saturated rings. The maximum absolute atomic E-state index is 5.16. The van der Waals surface area contributed by atoms with E-state index in [1.54, 1.807) is 6.20 Å². The first-order chi connectivity index (χ1) is 24.7. The molecule has 3 aromatic heterocycles. The van der Waals surface area contributed by atoms with Crippen molar-refractivity contribution in [2.24, 2.45) is 0 Å². The smallest absolute Gasteiger partial charge is 0.166 e. The summed E-state index contributed by atoms with van der Waals surface area (Å²) in [6.07, 6.45) is 3.71. The van der Waals surface area contributed by atoms with Crippen molar-refractivity contribution in [3.63, 3.8) is 0 Å². The maximum Gasteiger partial charge on any atom is 0.166 e. The van der Waals surface area contributed by atoms with Crippen molar-refractivity contribution in [1.29, 1.82) is 0 Å². The van der Waals surface area contributed by atoms with Gasteiger partial charge in [-0.15, -0.1) is 0 Å². The molecule has 5 heteroatoms. The number of hydrogen-bond acceptors (Lipinski definition) is 4. The fraction of sp³-hybridized carbons (Fsp3) is 0.0222. The minimum atomic E-state index is 0.603. The summed E-state index contributed by atoms with van der Waals surface area (Å²) in [4.78, 5) is 19.7. The van der Waals surface area contributed by atoms with E-state index < -0.39 is 0 Å². The Morgan fingerprint density at radius 2 is 1.00 bits per heavy atom. The van der Waals surface area contributed by atoms with Crippen LogP contribution >= 0.6 is 0 Å². The number of pyridine rings is 1. The van der Waals surface area contributed by atoms with Gasteiger partial charge in [0.15, 0.2) is 17.5 Å². The van der Waals surface area contributed by atoms with Gasteiger partial charge < -0.3 is 4.57 Å². The highest BCUT2D eigenvalue weighted by molar-refractivity contribution is 6.10. The van der Waals surface area contributed by atoms with E-state index in [4.69, 9.17) is 15.0 Å². The van der Waals surface area contributed by atoms with Crippen LogP contribution in [0, 0.1) is 6.92 Å². The molecule has 0 aliphatic heterocycles. The average molecular weight is 642 g/mol. The fourth-order valence-corrected chi connectivity index (χ4v) is 6.70. The normalized spacial score (nSPS) is 11.3. The van der Waals surface area contributed by atoms with Crippen molar-refractivity contribution in [1.82, 2.24) is 24.5 Å². The third-order valence-corrected chi connectivity index (χ3v) is 9.23. The number of para-hydroxylation sites is 1. The molecule has 0 radical (unpaired) electrons. The molecule has 0 unspecified atom stereocenters. The molecule has 0 aliphatic carbocycles. The molecule has 0 bridgehead atoms. The molecule has 236 valence electrons. The van der Waals surface area contributed by atoms with E-state index in [1.165, 1.54) is 21.9 Å². The molecular weight excluding hydrogens is 611 g/mol. The Hall–Kier alpha value is -6.72. The van der Waals surface area contributed by atoms with E-state index >= 15 is 0 Å². The molecule has 0 aliphatic rings. The van der Waals surface area contributed by atoms with Crippen LogP contribution in [-0.4, -0.2) is 24.5 Å². The van der Waals surface area contributed by atoms with Gasteiger partial charge in [-0.2, -0.15) is 0 Å². The molecule has 3 heterocycles. The Kier molecular flexibility index (Phi) is 7.29. The largest absolute Gasteiger partial charge is 0.308 e. The molecule has 0 atom stereocenters. The molecule has 0 N–H and O–H groups in total. The van der Waals surface area contributed by atoms with Gasteiger partial charge in [-0.3, -0.25) is 4.98 Å². The lowest BCUT2D eigenvalue weighted by molar-refractivity contribution is 1.06. The van der Waals surface area contributed by atoms with E-state index in [0.29, 0.717) is 17.5 Å². The third-order valence-electron chi connectivity index (χ3n) is 9.23. The molecule has 50 heavy (non-hydrogen) atoms. The van der Waals surface area contributed by atoms with Crippen LogP contribution in [0.5, 0.6) is 0 Å². The van der Waals surface area contributed by atoms with Crippen LogP contribution in [0.25, 0.3) is 83.9 Å². The summed E-state index contributed by atoms with van der Waals surface area (Å²) in [6, 6.07) is 54.9. The topological polar surface area (TPSA) is 56.5 Å². The number of nitrogens with zero attached hydrogens (tertiary/aromatic N) is 5. The molecule has 0 amide bonds. The van der Waals surface area contributed by atoms with E-state index in [0.717, 1.165) is 50.1 Å². The van der Waals surface area contributed by atoms with Crippen molar-refractivity contribution in [3.05, 3.63) is 176 Å². The highest BCUT2D eigenvalue weighted by Gasteiger charge is 2.20. The quantitative estimate of drug-likeness (QED) is 0.181. The molecular formula is C45H31N5. The first-order valence-electron chi connectivity index (χ1n) is 16.7. The average Bonchev–Trinajstić information content (AvgIpc) is 3.52. The zero-order valence-electron chi connectivity index (χ0n) is 27.4. The second-order valence-electron chi connectivity index (χ2n) is 12.5. The zero-order valence-corrected chi connectivity index (χ0v) is 27.4. The summed E-state index contributed by atoms with van der Waals surface area (Å²) < 4.78 is 2.37. The number of benzene rings is 6. The summed E-state index contributed by atoms with van der Waals surface area (Å²) >= 11 is 0. The summed E-state index contributed by atoms with van der Waals surface area (Å²) in [5, 5.41) is 2.36. The second-order valence-corrected chi connectivity index (χ2v) is 12.5. The number of rotatable bonds is 6. The van der Waals surface area contributed by atoms with Gasteiger partial charge >= 0.3 is 0 Å². The minimum Gasteiger partial charge on any atom is -0.308 e. The van der Waals surface area contributed by atoms with Crippen LogP contribution in [0.4, 0.5) is 0 Å². The van der Waals surface area contributed by atoms with Gasteiger partial charge in [-0.05, 0) is 53.9 Å². The van der Waals surface area contributed by atoms with Crippen LogP contribution in [0.3, 0.4) is 0 Å². The van der Waals surface area contributed by atoms with Gasteiger partial charge in [0.05, 0.1) is 16.7 Å². The van der Waals surface area contributed by atoms with Crippen LogP contribution in [-0.2, 0) is 0 Å². The maximum atomic E-state index is 5.16. The molecule has 0 saturated carbocycles. The van der Waals surface area contributed by atoms with E-state index in [9.17, 15) is 0 Å². The zero-order chi connectivity index (χ0) is 33.4. The van der Waals surface area contributed by atoms with Gasteiger partial charge in [0.1, 0.15) is 0 Å². The molecule has 6 aromatic carbocycles. The standard InChI is InChI=1S/C45H31N5/c1-30-18-20-31(21-19-30)34-22-24-38-37-16-8-9-17-40(37)50(41(38)27-34)42-28-35(36-15-10-26-46-29-36)23-25-39(42)45-48-43(32-11-4-2-5-12-32)47-44(49-45)33-13-6-3-7-14-33/h2-29H,1H3. The Bertz CT molecular complexity index is 2570. The Morgan fingerprint density at radius 1 is 0.420 bits per heavy atom. The van der Waals surface area contributed by atoms with E-state index in [-0.39, 0.29) is 0 Å². The molecule has 0 saturated heterocycles. The highest BCUT2D eigenvalue weighted by Crippen LogP contribution is 2.39. The second kappa shape index (κ2) is 12.4. The van der Waals surface area contributed by atoms with Gasteiger partial charge in [0, 0.05) is 45.4 Å².